The van der Waals surface area contributed by atoms with Crippen LogP contribution in [0.2, 0.25) is 0 Å². The third kappa shape index (κ3) is 4.93. The first-order valence-electron chi connectivity index (χ1n) is 6.63. The summed E-state index contributed by atoms with van der Waals surface area (Å²) in [7, 11) is 0. The summed E-state index contributed by atoms with van der Waals surface area (Å²) in [6, 6.07) is 10.3. The van der Waals surface area contributed by atoms with Gasteiger partial charge in [0.2, 0.25) is 0 Å². The first-order valence-corrected chi connectivity index (χ1v) is 8.30. The Morgan fingerprint density at radius 2 is 2.05 bits per heavy atom. The first-order chi connectivity index (χ1) is 9.44. The Labute approximate surface area is 133 Å². The van der Waals surface area contributed by atoms with E-state index >= 15 is 0 Å². The molecule has 1 aromatic heterocycles. The van der Waals surface area contributed by atoms with Crippen LogP contribution < -0.4 is 10.1 Å². The molecule has 0 fully saturated rings. The predicted octanol–water partition coefficient (Wildman–Crippen LogP) is 4.98. The number of hydrogen-bond donors (Lipinski definition) is 1. The molecule has 0 unspecified atom stereocenters. The number of benzene rings is 1. The smallest absolute Gasteiger partial charge is 0.122 e. The van der Waals surface area contributed by atoms with E-state index in [1.807, 2.05) is 18.2 Å². The molecule has 0 atom stereocenters. The highest BCUT2D eigenvalue weighted by atomic mass is 79.9. The molecule has 0 aliphatic carbocycles. The van der Waals surface area contributed by atoms with Gasteiger partial charge in [-0.2, -0.15) is 0 Å². The molecule has 0 aliphatic heterocycles. The molecule has 0 radical (unpaired) electrons. The van der Waals surface area contributed by atoms with Crippen molar-refractivity contribution in [3.05, 3.63) is 50.6 Å². The van der Waals surface area contributed by atoms with Crippen molar-refractivity contribution in [3.8, 4) is 5.75 Å². The molecule has 0 spiro atoms. The molecule has 0 amide bonds. The van der Waals surface area contributed by atoms with Crippen LogP contribution in [-0.4, -0.2) is 5.54 Å². The minimum Gasteiger partial charge on any atom is -0.488 e. The monoisotopic (exact) mass is 353 g/mol. The zero-order chi connectivity index (χ0) is 14.6. The number of nitrogens with one attached hydrogen (secondary N) is 1. The van der Waals surface area contributed by atoms with Gasteiger partial charge in [-0.15, -0.1) is 11.3 Å². The minimum atomic E-state index is 0.104. The molecule has 108 valence electrons. The highest BCUT2D eigenvalue weighted by Gasteiger charge is 2.10. The van der Waals surface area contributed by atoms with Crippen LogP contribution in [0, 0.1) is 0 Å². The molecule has 0 bridgehead atoms. The standard InChI is InChI=1S/C16H20BrNOS/c1-16(2,3)18-10-12-9-13(6-7-15(12)17)19-11-14-5-4-8-20-14/h4-9,18H,10-11H2,1-3H3. The quantitative estimate of drug-likeness (QED) is 0.818. The number of thiophene rings is 1. The van der Waals surface area contributed by atoms with Gasteiger partial charge in [0.15, 0.2) is 0 Å². The van der Waals surface area contributed by atoms with Crippen LogP contribution in [0.3, 0.4) is 0 Å². The SMILES string of the molecule is CC(C)(C)NCc1cc(OCc2cccs2)ccc1Br. The molecule has 1 heterocycles. The summed E-state index contributed by atoms with van der Waals surface area (Å²) in [5.41, 5.74) is 1.32. The Morgan fingerprint density at radius 1 is 1.25 bits per heavy atom. The van der Waals surface area contributed by atoms with Crippen molar-refractivity contribution in [2.24, 2.45) is 0 Å². The lowest BCUT2D eigenvalue weighted by Gasteiger charge is -2.21. The van der Waals surface area contributed by atoms with Crippen molar-refractivity contribution >= 4 is 27.3 Å². The summed E-state index contributed by atoms with van der Waals surface area (Å²) in [5, 5.41) is 5.56. The third-order valence-electron chi connectivity index (χ3n) is 2.79. The molecular formula is C16H20BrNOS. The van der Waals surface area contributed by atoms with Crippen LogP contribution >= 0.6 is 27.3 Å². The summed E-state index contributed by atoms with van der Waals surface area (Å²) in [4.78, 5) is 1.24. The number of hydrogen-bond acceptors (Lipinski definition) is 3. The van der Waals surface area contributed by atoms with E-state index < -0.39 is 0 Å². The number of ether oxygens (including phenoxy) is 1. The van der Waals surface area contributed by atoms with Crippen molar-refractivity contribution in [1.82, 2.24) is 5.32 Å². The van der Waals surface area contributed by atoms with Crippen LogP contribution in [-0.2, 0) is 13.2 Å². The zero-order valence-corrected chi connectivity index (χ0v) is 14.5. The third-order valence-corrected chi connectivity index (χ3v) is 4.41. The second kappa shape index (κ2) is 6.74. The molecule has 1 N–H and O–H groups in total. The molecule has 0 saturated heterocycles. The Morgan fingerprint density at radius 3 is 2.70 bits per heavy atom. The fourth-order valence-corrected chi connectivity index (χ4v) is 2.69. The number of rotatable bonds is 5. The van der Waals surface area contributed by atoms with Gasteiger partial charge in [0.05, 0.1) is 0 Å². The maximum Gasteiger partial charge on any atom is 0.122 e. The molecule has 20 heavy (non-hydrogen) atoms. The minimum absolute atomic E-state index is 0.104. The predicted molar refractivity (Wildman–Crippen MR) is 89.4 cm³/mol. The summed E-state index contributed by atoms with van der Waals surface area (Å²) >= 11 is 5.31. The molecular weight excluding hydrogens is 334 g/mol. The molecule has 2 nitrogen and oxygen atoms in total. The Balaban J connectivity index is 2.00. The van der Waals surface area contributed by atoms with Crippen LogP contribution in [0.25, 0.3) is 0 Å². The molecule has 2 aromatic rings. The maximum atomic E-state index is 5.84. The number of halogens is 1. The first kappa shape index (κ1) is 15.5. The van der Waals surface area contributed by atoms with Gasteiger partial charge in [0.25, 0.3) is 0 Å². The molecule has 1 aromatic carbocycles. The van der Waals surface area contributed by atoms with Gasteiger partial charge in [-0.3, -0.25) is 0 Å². The highest BCUT2D eigenvalue weighted by molar-refractivity contribution is 9.10. The second-order valence-electron chi connectivity index (χ2n) is 5.72. The van der Waals surface area contributed by atoms with Crippen molar-refractivity contribution < 1.29 is 4.74 Å². The molecule has 4 heteroatoms. The Bertz CT molecular complexity index is 546. The maximum absolute atomic E-state index is 5.84. The van der Waals surface area contributed by atoms with Crippen LogP contribution in [0.1, 0.15) is 31.2 Å². The Hall–Kier alpha value is -0.840. The van der Waals surface area contributed by atoms with Crippen molar-refractivity contribution in [2.75, 3.05) is 0 Å². The normalized spacial score (nSPS) is 11.6. The highest BCUT2D eigenvalue weighted by Crippen LogP contribution is 2.24. The van der Waals surface area contributed by atoms with Gasteiger partial charge in [-0.25, -0.2) is 0 Å². The van der Waals surface area contributed by atoms with Crippen molar-refractivity contribution in [1.29, 1.82) is 0 Å². The van der Waals surface area contributed by atoms with Gasteiger partial charge in [0, 0.05) is 21.4 Å². The average Bonchev–Trinajstić information content (AvgIpc) is 2.88. The van der Waals surface area contributed by atoms with Gasteiger partial charge in [-0.05, 0) is 56.0 Å². The zero-order valence-electron chi connectivity index (χ0n) is 12.1. The van der Waals surface area contributed by atoms with Crippen LogP contribution in [0.5, 0.6) is 5.75 Å². The van der Waals surface area contributed by atoms with Gasteiger partial charge >= 0.3 is 0 Å². The summed E-state index contributed by atoms with van der Waals surface area (Å²) < 4.78 is 6.95. The lowest BCUT2D eigenvalue weighted by molar-refractivity contribution is 0.309. The van der Waals surface area contributed by atoms with E-state index in [-0.39, 0.29) is 5.54 Å². The average molecular weight is 354 g/mol. The van der Waals surface area contributed by atoms with E-state index in [1.165, 1.54) is 10.4 Å². The summed E-state index contributed by atoms with van der Waals surface area (Å²) in [6.45, 7) is 7.94. The molecule has 0 saturated carbocycles. The topological polar surface area (TPSA) is 21.3 Å². The lowest BCUT2D eigenvalue weighted by Crippen LogP contribution is -2.35. The van der Waals surface area contributed by atoms with Crippen molar-refractivity contribution in [3.63, 3.8) is 0 Å². The van der Waals surface area contributed by atoms with Gasteiger partial charge in [0.1, 0.15) is 12.4 Å². The lowest BCUT2D eigenvalue weighted by atomic mass is 10.1. The van der Waals surface area contributed by atoms with Gasteiger partial charge < -0.3 is 10.1 Å². The summed E-state index contributed by atoms with van der Waals surface area (Å²) in [5.74, 6) is 0.910. The fourth-order valence-electron chi connectivity index (χ4n) is 1.69. The van der Waals surface area contributed by atoms with E-state index in [9.17, 15) is 0 Å². The van der Waals surface area contributed by atoms with E-state index in [1.54, 1.807) is 11.3 Å². The Kier molecular flexibility index (Phi) is 5.24. The molecule has 0 aliphatic rings. The molecule has 2 rings (SSSR count). The fraction of sp³-hybridized carbons (Fsp3) is 0.375. The largest absolute Gasteiger partial charge is 0.488 e. The van der Waals surface area contributed by atoms with Crippen LogP contribution in [0.4, 0.5) is 0 Å². The van der Waals surface area contributed by atoms with E-state index in [0.29, 0.717) is 6.61 Å². The van der Waals surface area contributed by atoms with Crippen LogP contribution in [0.15, 0.2) is 40.2 Å². The second-order valence-corrected chi connectivity index (χ2v) is 7.61. The van der Waals surface area contributed by atoms with E-state index in [0.717, 1.165) is 16.8 Å². The van der Waals surface area contributed by atoms with E-state index in [2.05, 4.69) is 59.5 Å². The van der Waals surface area contributed by atoms with Gasteiger partial charge in [-0.1, -0.05) is 22.0 Å². The van der Waals surface area contributed by atoms with Crippen molar-refractivity contribution in [2.45, 2.75) is 39.5 Å². The van der Waals surface area contributed by atoms with E-state index in [4.69, 9.17) is 4.74 Å². The summed E-state index contributed by atoms with van der Waals surface area (Å²) in [6.07, 6.45) is 0.